The molecule has 0 saturated heterocycles. The van der Waals surface area contributed by atoms with Gasteiger partial charge in [0.1, 0.15) is 5.15 Å². The van der Waals surface area contributed by atoms with Crippen molar-refractivity contribution in [1.29, 1.82) is 5.41 Å². The van der Waals surface area contributed by atoms with Gasteiger partial charge in [-0.2, -0.15) is 0 Å². The van der Waals surface area contributed by atoms with Crippen molar-refractivity contribution in [3.63, 3.8) is 0 Å². The van der Waals surface area contributed by atoms with Gasteiger partial charge < -0.3 is 11.1 Å². The van der Waals surface area contributed by atoms with Crippen molar-refractivity contribution in [3.8, 4) is 0 Å². The van der Waals surface area contributed by atoms with Gasteiger partial charge in [-0.1, -0.05) is 37.6 Å². The van der Waals surface area contributed by atoms with Crippen LogP contribution >= 0.6 is 11.6 Å². The number of rotatable bonds is 6. The lowest BCUT2D eigenvalue weighted by Crippen LogP contribution is -2.48. The van der Waals surface area contributed by atoms with Crippen molar-refractivity contribution in [2.75, 3.05) is 6.54 Å². The molecule has 1 aromatic carbocycles. The first-order valence-electron chi connectivity index (χ1n) is 7.36. The van der Waals surface area contributed by atoms with Crippen LogP contribution in [0.3, 0.4) is 0 Å². The molecule has 0 spiro atoms. The fraction of sp³-hybridized carbons (Fsp3) is 0.333. The fourth-order valence-corrected chi connectivity index (χ4v) is 3.81. The molecule has 9 heteroatoms. The Morgan fingerprint density at radius 3 is 2.67 bits per heavy atom. The second kappa shape index (κ2) is 7.33. The number of sulfonamides is 1. The van der Waals surface area contributed by atoms with Crippen LogP contribution in [-0.4, -0.2) is 31.9 Å². The van der Waals surface area contributed by atoms with Crippen molar-refractivity contribution in [2.24, 2.45) is 11.7 Å². The van der Waals surface area contributed by atoms with Gasteiger partial charge in [0.15, 0.2) is 5.96 Å². The molecule has 1 aromatic heterocycles. The van der Waals surface area contributed by atoms with Crippen molar-refractivity contribution >= 4 is 38.4 Å². The van der Waals surface area contributed by atoms with E-state index in [9.17, 15) is 8.42 Å². The van der Waals surface area contributed by atoms with Gasteiger partial charge >= 0.3 is 0 Å². The summed E-state index contributed by atoms with van der Waals surface area (Å²) >= 11 is 6.03. The smallest absolute Gasteiger partial charge is 0.241 e. The first kappa shape index (κ1) is 18.4. The van der Waals surface area contributed by atoms with Gasteiger partial charge in [-0.25, -0.2) is 18.1 Å². The van der Waals surface area contributed by atoms with E-state index < -0.39 is 10.0 Å². The molecule has 0 radical (unpaired) electrons. The molecular formula is C15H20ClN5O2S. The molecule has 1 heterocycles. The highest BCUT2D eigenvalue weighted by molar-refractivity contribution is 7.89. The number of nitrogens with two attached hydrogens (primary N) is 1. The molecule has 1 atom stereocenters. The molecule has 7 nitrogen and oxygen atoms in total. The topological polar surface area (TPSA) is 121 Å². The molecule has 0 aliphatic heterocycles. The van der Waals surface area contributed by atoms with Crippen LogP contribution in [0.2, 0.25) is 5.15 Å². The predicted molar refractivity (Wildman–Crippen MR) is 95.6 cm³/mol. The summed E-state index contributed by atoms with van der Waals surface area (Å²) in [7, 11) is -3.76. The maximum Gasteiger partial charge on any atom is 0.241 e. The summed E-state index contributed by atoms with van der Waals surface area (Å²) in [4.78, 5) is 4.10. The van der Waals surface area contributed by atoms with Gasteiger partial charge in [-0.05, 0) is 18.1 Å². The fourth-order valence-electron chi connectivity index (χ4n) is 2.31. The zero-order valence-electron chi connectivity index (χ0n) is 13.4. The Balaban J connectivity index is 2.31. The normalized spacial score (nSPS) is 13.2. The first-order valence-corrected chi connectivity index (χ1v) is 9.22. The number of nitrogens with zero attached hydrogens (tertiary/aromatic N) is 1. The summed E-state index contributed by atoms with van der Waals surface area (Å²) in [5.74, 6) is -0.112. The van der Waals surface area contributed by atoms with Crippen LogP contribution in [0.15, 0.2) is 35.4 Å². The van der Waals surface area contributed by atoms with E-state index >= 15 is 0 Å². The van der Waals surface area contributed by atoms with Gasteiger partial charge in [0.2, 0.25) is 10.0 Å². The summed E-state index contributed by atoms with van der Waals surface area (Å²) in [6.45, 7) is 3.94. The second-order valence-electron chi connectivity index (χ2n) is 5.71. The Hall–Kier alpha value is -1.90. The van der Waals surface area contributed by atoms with Crippen LogP contribution in [0.1, 0.15) is 13.8 Å². The highest BCUT2D eigenvalue weighted by atomic mass is 35.5. The Morgan fingerprint density at radius 2 is 2.04 bits per heavy atom. The molecular weight excluding hydrogens is 350 g/mol. The summed E-state index contributed by atoms with van der Waals surface area (Å²) in [6.07, 6.45) is 1.47. The molecule has 2 rings (SSSR count). The summed E-state index contributed by atoms with van der Waals surface area (Å²) < 4.78 is 27.9. The zero-order valence-corrected chi connectivity index (χ0v) is 14.9. The Morgan fingerprint density at radius 1 is 1.33 bits per heavy atom. The average Bonchev–Trinajstić information content (AvgIpc) is 2.50. The number of hydrogen-bond acceptors (Lipinski definition) is 4. The van der Waals surface area contributed by atoms with Gasteiger partial charge in [-0.3, -0.25) is 5.41 Å². The van der Waals surface area contributed by atoms with Crippen LogP contribution in [0.5, 0.6) is 0 Å². The number of guanidine groups is 1. The van der Waals surface area contributed by atoms with E-state index in [2.05, 4.69) is 15.0 Å². The van der Waals surface area contributed by atoms with E-state index in [0.29, 0.717) is 10.8 Å². The summed E-state index contributed by atoms with van der Waals surface area (Å²) in [5, 5.41) is 11.4. The standard InChI is InChI=1S/C15H20ClN5O2S/c1-9(2)12(21-15(17)18)8-20-24(22,23)13-5-3-4-11-10(13)6-7-19-14(11)16/h3-7,9,12,20H,8H2,1-2H3,(H4,17,18,21). The van der Waals surface area contributed by atoms with E-state index in [1.165, 1.54) is 12.3 Å². The third-order valence-corrected chi connectivity index (χ3v) is 5.43. The van der Waals surface area contributed by atoms with E-state index in [1.54, 1.807) is 18.2 Å². The van der Waals surface area contributed by atoms with Crippen molar-refractivity contribution in [1.82, 2.24) is 15.0 Å². The Bertz CT molecular complexity index is 854. The Kier molecular flexibility index (Phi) is 5.63. The maximum atomic E-state index is 12.7. The minimum absolute atomic E-state index is 0.0859. The van der Waals surface area contributed by atoms with Gasteiger partial charge in [0.05, 0.1) is 4.90 Å². The highest BCUT2D eigenvalue weighted by Gasteiger charge is 2.21. The molecule has 1 unspecified atom stereocenters. The average molecular weight is 370 g/mol. The number of aromatic nitrogens is 1. The lowest BCUT2D eigenvalue weighted by molar-refractivity contribution is 0.444. The number of pyridine rings is 1. The number of fused-ring (bicyclic) bond motifs is 1. The van der Waals surface area contributed by atoms with Crippen LogP contribution in [0.4, 0.5) is 0 Å². The number of hydrogen-bond donors (Lipinski definition) is 4. The Labute approximate surface area is 146 Å². The van der Waals surface area contributed by atoms with E-state index in [-0.39, 0.29) is 34.5 Å². The van der Waals surface area contributed by atoms with Crippen LogP contribution < -0.4 is 15.8 Å². The molecule has 24 heavy (non-hydrogen) atoms. The maximum absolute atomic E-state index is 12.7. The van der Waals surface area contributed by atoms with Gasteiger partial charge in [0, 0.05) is 29.6 Å². The number of nitrogens with one attached hydrogen (secondary N) is 3. The van der Waals surface area contributed by atoms with E-state index in [0.717, 1.165) is 0 Å². The van der Waals surface area contributed by atoms with Crippen LogP contribution in [0, 0.1) is 11.3 Å². The van der Waals surface area contributed by atoms with Crippen molar-refractivity contribution in [3.05, 3.63) is 35.6 Å². The van der Waals surface area contributed by atoms with Crippen molar-refractivity contribution in [2.45, 2.75) is 24.8 Å². The number of halogens is 1. The molecule has 0 saturated carbocycles. The van der Waals surface area contributed by atoms with Crippen LogP contribution in [-0.2, 0) is 10.0 Å². The molecule has 0 amide bonds. The number of benzene rings is 1. The van der Waals surface area contributed by atoms with E-state index in [4.69, 9.17) is 22.7 Å². The molecule has 0 aliphatic carbocycles. The largest absolute Gasteiger partial charge is 0.370 e. The first-order chi connectivity index (χ1) is 11.2. The van der Waals surface area contributed by atoms with E-state index in [1.807, 2.05) is 13.8 Å². The monoisotopic (exact) mass is 369 g/mol. The lowest BCUT2D eigenvalue weighted by atomic mass is 10.1. The van der Waals surface area contributed by atoms with Gasteiger partial charge in [-0.15, -0.1) is 0 Å². The molecule has 130 valence electrons. The molecule has 0 fully saturated rings. The molecule has 2 aromatic rings. The molecule has 0 bridgehead atoms. The van der Waals surface area contributed by atoms with Crippen LogP contribution in [0.25, 0.3) is 10.8 Å². The summed E-state index contributed by atoms with van der Waals surface area (Å²) in [5.41, 5.74) is 5.35. The minimum Gasteiger partial charge on any atom is -0.370 e. The third kappa shape index (κ3) is 4.14. The highest BCUT2D eigenvalue weighted by Crippen LogP contribution is 2.26. The SMILES string of the molecule is CC(C)C(CNS(=O)(=O)c1cccc2c(Cl)nccc12)NC(=N)N. The lowest BCUT2D eigenvalue weighted by Gasteiger charge is -2.23. The predicted octanol–water partition coefficient (Wildman–Crippen LogP) is 1.67. The van der Waals surface area contributed by atoms with Gasteiger partial charge in [0.25, 0.3) is 0 Å². The molecule has 0 aliphatic rings. The third-order valence-electron chi connectivity index (χ3n) is 3.65. The quantitative estimate of drug-likeness (QED) is 0.350. The zero-order chi connectivity index (χ0) is 17.9. The summed E-state index contributed by atoms with van der Waals surface area (Å²) in [6, 6.07) is 6.18. The second-order valence-corrected chi connectivity index (χ2v) is 7.81. The minimum atomic E-state index is -3.76. The molecule has 5 N–H and O–H groups in total. The van der Waals surface area contributed by atoms with Crippen molar-refractivity contribution < 1.29 is 8.42 Å².